The van der Waals surface area contributed by atoms with E-state index in [0.717, 1.165) is 16.7 Å². The van der Waals surface area contributed by atoms with Crippen molar-refractivity contribution in [3.8, 4) is 0 Å². The highest BCUT2D eigenvalue weighted by Crippen LogP contribution is 2.37. The van der Waals surface area contributed by atoms with E-state index in [0.29, 0.717) is 6.42 Å². The van der Waals surface area contributed by atoms with E-state index in [2.05, 4.69) is 0 Å². The van der Waals surface area contributed by atoms with Crippen LogP contribution in [-0.2, 0) is 4.79 Å². The third-order valence-corrected chi connectivity index (χ3v) is 2.96. The van der Waals surface area contributed by atoms with Gasteiger partial charge >= 0.3 is 0 Å². The molecule has 1 unspecified atom stereocenters. The molecule has 0 saturated carbocycles. The van der Waals surface area contributed by atoms with E-state index >= 15 is 0 Å². The largest absolute Gasteiger partial charge is 0.396 e. The Morgan fingerprint density at radius 3 is 2.29 bits per heavy atom. The van der Waals surface area contributed by atoms with Crippen LogP contribution in [0.1, 0.15) is 34.1 Å². The Morgan fingerprint density at radius 1 is 1.29 bits per heavy atom. The van der Waals surface area contributed by atoms with Crippen LogP contribution in [0.25, 0.3) is 0 Å². The van der Waals surface area contributed by atoms with Crippen molar-refractivity contribution in [1.82, 2.24) is 0 Å². The zero-order valence-corrected chi connectivity index (χ0v) is 9.35. The first kappa shape index (κ1) is 11.2. The highest BCUT2D eigenvalue weighted by molar-refractivity contribution is 6.04. The number of hydrogen-bond donors (Lipinski definition) is 1. The number of Topliss-reactive ketones (excluding diaryl/α,β-unsaturated/α-hetero) is 1. The summed E-state index contributed by atoms with van der Waals surface area (Å²) < 4.78 is 0. The molecule has 0 fully saturated rings. The highest BCUT2D eigenvalue weighted by Gasteiger charge is 2.32. The molecule has 1 aliphatic rings. The van der Waals surface area contributed by atoms with Gasteiger partial charge in [-0.05, 0) is 50.8 Å². The minimum Gasteiger partial charge on any atom is -0.396 e. The lowest BCUT2D eigenvalue weighted by Gasteiger charge is -2.12. The van der Waals surface area contributed by atoms with Crippen molar-refractivity contribution in [1.29, 1.82) is 0 Å². The second kappa shape index (κ2) is 4.09. The van der Waals surface area contributed by atoms with Gasteiger partial charge in [0.2, 0.25) is 0 Å². The molecule has 0 heterocycles. The number of aliphatic hydroxyl groups excluding tert-OH is 1. The average Bonchev–Trinajstić information content (AvgIpc) is 2.32. The predicted octanol–water partition coefficient (Wildman–Crippen LogP) is 2.24. The van der Waals surface area contributed by atoms with Crippen molar-refractivity contribution < 1.29 is 9.90 Å². The van der Waals surface area contributed by atoms with Gasteiger partial charge in [0, 0.05) is 12.5 Å². The molecule has 0 aromatic heterocycles. The molecule has 0 spiro atoms. The maximum absolute atomic E-state index is 11.8. The molecule has 0 radical (unpaired) electrons. The number of hydrogen-bond acceptors (Lipinski definition) is 2. The maximum Gasteiger partial charge on any atom is 0.166 e. The number of allylic oxidation sites excluding steroid dienone is 4. The van der Waals surface area contributed by atoms with Crippen molar-refractivity contribution in [2.75, 3.05) is 6.61 Å². The predicted molar refractivity (Wildman–Crippen MR) is 56.9 cm³/mol. The highest BCUT2D eigenvalue weighted by atomic mass is 16.3. The first-order valence-corrected chi connectivity index (χ1v) is 5.01. The van der Waals surface area contributed by atoms with Crippen LogP contribution in [0.4, 0.5) is 0 Å². The molecule has 0 bridgehead atoms. The first-order valence-electron chi connectivity index (χ1n) is 5.01. The van der Waals surface area contributed by atoms with Crippen LogP contribution in [0.5, 0.6) is 0 Å². The molecule has 0 amide bonds. The minimum absolute atomic E-state index is 0.0771. The minimum atomic E-state index is -0.0926. The summed E-state index contributed by atoms with van der Waals surface area (Å²) >= 11 is 0. The lowest BCUT2D eigenvalue weighted by atomic mass is 9.91. The summed E-state index contributed by atoms with van der Waals surface area (Å²) in [5.74, 6) is 0.0951. The quantitative estimate of drug-likeness (QED) is 0.732. The van der Waals surface area contributed by atoms with E-state index in [4.69, 9.17) is 5.11 Å². The molecule has 14 heavy (non-hydrogen) atoms. The molecule has 1 N–H and O–H groups in total. The molecule has 1 atom stereocenters. The topological polar surface area (TPSA) is 37.3 Å². The zero-order chi connectivity index (χ0) is 10.9. The first-order chi connectivity index (χ1) is 6.50. The summed E-state index contributed by atoms with van der Waals surface area (Å²) in [6.45, 7) is 7.99. The van der Waals surface area contributed by atoms with Gasteiger partial charge in [-0.1, -0.05) is 5.57 Å². The summed E-state index contributed by atoms with van der Waals surface area (Å²) in [4.78, 5) is 11.8. The average molecular weight is 194 g/mol. The van der Waals surface area contributed by atoms with Crippen molar-refractivity contribution in [2.24, 2.45) is 5.92 Å². The van der Waals surface area contributed by atoms with Gasteiger partial charge in [0.1, 0.15) is 0 Å². The van der Waals surface area contributed by atoms with Crippen molar-refractivity contribution >= 4 is 5.78 Å². The van der Waals surface area contributed by atoms with E-state index in [1.165, 1.54) is 5.57 Å². The number of rotatable bonds is 2. The van der Waals surface area contributed by atoms with Crippen LogP contribution in [0.15, 0.2) is 22.3 Å². The van der Waals surface area contributed by atoms with Gasteiger partial charge in [-0.15, -0.1) is 0 Å². The summed E-state index contributed by atoms with van der Waals surface area (Å²) in [6.07, 6.45) is 0.550. The van der Waals surface area contributed by atoms with Crippen LogP contribution < -0.4 is 0 Å². The Hall–Kier alpha value is -0.890. The normalized spacial score (nSPS) is 22.2. The van der Waals surface area contributed by atoms with Gasteiger partial charge in [0.25, 0.3) is 0 Å². The summed E-state index contributed by atoms with van der Waals surface area (Å²) in [7, 11) is 0. The fraction of sp³-hybridized carbons (Fsp3) is 0.583. The molecule has 0 aromatic rings. The van der Waals surface area contributed by atoms with Gasteiger partial charge in [0.15, 0.2) is 5.78 Å². The van der Waals surface area contributed by atoms with Gasteiger partial charge in [-0.25, -0.2) is 0 Å². The van der Waals surface area contributed by atoms with E-state index in [1.54, 1.807) is 0 Å². The smallest absolute Gasteiger partial charge is 0.166 e. The van der Waals surface area contributed by atoms with Crippen LogP contribution in [0.2, 0.25) is 0 Å². The number of aliphatic hydroxyl groups is 1. The van der Waals surface area contributed by atoms with Crippen LogP contribution in [0, 0.1) is 5.92 Å². The number of ketones is 1. The van der Waals surface area contributed by atoms with Gasteiger partial charge in [-0.2, -0.15) is 0 Å². The molecule has 0 saturated heterocycles. The molecule has 1 rings (SSSR count). The van der Waals surface area contributed by atoms with Crippen molar-refractivity contribution in [3.05, 3.63) is 22.3 Å². The second-order valence-corrected chi connectivity index (χ2v) is 4.09. The molecular weight excluding hydrogens is 176 g/mol. The summed E-state index contributed by atoms with van der Waals surface area (Å²) in [6, 6.07) is 0. The second-order valence-electron chi connectivity index (χ2n) is 4.09. The van der Waals surface area contributed by atoms with Gasteiger partial charge < -0.3 is 5.11 Å². The Morgan fingerprint density at radius 2 is 1.86 bits per heavy atom. The Bertz CT molecular complexity index is 317. The lowest BCUT2D eigenvalue weighted by molar-refractivity contribution is -0.117. The lowest BCUT2D eigenvalue weighted by Crippen LogP contribution is -2.13. The third kappa shape index (κ3) is 1.67. The summed E-state index contributed by atoms with van der Waals surface area (Å²) in [5.41, 5.74) is 4.29. The fourth-order valence-electron chi connectivity index (χ4n) is 2.17. The van der Waals surface area contributed by atoms with E-state index < -0.39 is 0 Å². The standard InChI is InChI=1S/C12H18O2/c1-7(2)11-8(3)9(4)12(14)10(11)5-6-13/h10,13H,5-6H2,1-4H3. The van der Waals surface area contributed by atoms with Gasteiger partial charge in [0.05, 0.1) is 0 Å². The molecule has 78 valence electrons. The zero-order valence-electron chi connectivity index (χ0n) is 9.35. The van der Waals surface area contributed by atoms with E-state index in [9.17, 15) is 4.79 Å². The van der Waals surface area contributed by atoms with Crippen LogP contribution in [-0.4, -0.2) is 17.5 Å². The van der Waals surface area contributed by atoms with Crippen LogP contribution >= 0.6 is 0 Å². The number of carbonyl (C=O) groups is 1. The Labute approximate surface area is 85.3 Å². The molecular formula is C12H18O2. The third-order valence-electron chi connectivity index (χ3n) is 2.96. The monoisotopic (exact) mass is 194 g/mol. The molecule has 0 aromatic carbocycles. The fourth-order valence-corrected chi connectivity index (χ4v) is 2.17. The molecule has 2 heteroatoms. The molecule has 2 nitrogen and oxygen atoms in total. The summed E-state index contributed by atoms with van der Waals surface area (Å²) in [5, 5.41) is 8.92. The SMILES string of the molecule is CC(C)=C1C(C)=C(C)C(=O)C1CCO. The van der Waals surface area contributed by atoms with E-state index in [1.807, 2.05) is 27.7 Å². The van der Waals surface area contributed by atoms with Gasteiger partial charge in [-0.3, -0.25) is 4.79 Å². The number of carbonyl (C=O) groups excluding carboxylic acids is 1. The Balaban J connectivity index is 3.14. The van der Waals surface area contributed by atoms with Crippen molar-refractivity contribution in [3.63, 3.8) is 0 Å². The molecule has 1 aliphatic carbocycles. The van der Waals surface area contributed by atoms with Crippen LogP contribution in [0.3, 0.4) is 0 Å². The van der Waals surface area contributed by atoms with E-state index in [-0.39, 0.29) is 18.3 Å². The molecule has 0 aliphatic heterocycles. The van der Waals surface area contributed by atoms with Crippen molar-refractivity contribution in [2.45, 2.75) is 34.1 Å². The maximum atomic E-state index is 11.8. The Kier molecular flexibility index (Phi) is 3.27.